The van der Waals surface area contributed by atoms with E-state index in [1.54, 1.807) is 17.0 Å². The van der Waals surface area contributed by atoms with Crippen molar-refractivity contribution in [2.75, 3.05) is 17.3 Å². The van der Waals surface area contributed by atoms with Crippen LogP contribution in [0.4, 0.5) is 5.69 Å². The zero-order chi connectivity index (χ0) is 11.7. The zero-order valence-corrected chi connectivity index (χ0v) is 11.5. The van der Waals surface area contributed by atoms with E-state index in [1.807, 2.05) is 6.07 Å². The highest BCUT2D eigenvalue weighted by molar-refractivity contribution is 9.10. The predicted molar refractivity (Wildman–Crippen MR) is 70.3 cm³/mol. The van der Waals surface area contributed by atoms with Crippen LogP contribution in [-0.4, -0.2) is 18.3 Å². The molecule has 2 nitrogen and oxygen atoms in total. The lowest BCUT2D eigenvalue weighted by molar-refractivity contribution is -0.117. The van der Waals surface area contributed by atoms with Crippen LogP contribution in [0.15, 0.2) is 22.7 Å². The summed E-state index contributed by atoms with van der Waals surface area (Å²) >= 11 is 15.1. The fraction of sp³-hybridized carbons (Fsp3) is 0.364. The van der Waals surface area contributed by atoms with Crippen LogP contribution in [0.5, 0.6) is 0 Å². The van der Waals surface area contributed by atoms with Gasteiger partial charge in [0.05, 0.1) is 0 Å². The quantitative estimate of drug-likeness (QED) is 0.760. The number of halogens is 3. The molecule has 0 bridgehead atoms. The molecule has 1 saturated heterocycles. The van der Waals surface area contributed by atoms with Gasteiger partial charge in [0.25, 0.3) is 0 Å². The Hall–Kier alpha value is -0.250. The number of amides is 1. The maximum atomic E-state index is 11.8. The van der Waals surface area contributed by atoms with Gasteiger partial charge >= 0.3 is 0 Å². The number of carbonyl (C=O) groups excluding carboxylic acids is 1. The van der Waals surface area contributed by atoms with E-state index in [1.165, 1.54) is 0 Å². The van der Waals surface area contributed by atoms with Gasteiger partial charge in [0.1, 0.15) is 0 Å². The third-order valence-electron chi connectivity index (χ3n) is 2.58. The first kappa shape index (κ1) is 12.2. The van der Waals surface area contributed by atoms with Crippen LogP contribution in [0.2, 0.25) is 5.02 Å². The molecular weight excluding hydrogens is 313 g/mol. The molecule has 1 fully saturated rings. The average Bonchev–Trinajstić information content (AvgIpc) is 2.58. The van der Waals surface area contributed by atoms with Gasteiger partial charge in [-0.2, -0.15) is 0 Å². The lowest BCUT2D eigenvalue weighted by Gasteiger charge is -2.17. The molecule has 2 rings (SSSR count). The standard InChI is InChI=1S/C11H10BrCl2NO/c12-8-2-9(14)4-10(3-8)15-6-7(5-13)1-11(15)16/h2-4,7H,1,5-6H2. The normalized spacial score (nSPS) is 20.6. The number of nitrogens with zero attached hydrogens (tertiary/aromatic N) is 1. The van der Waals surface area contributed by atoms with E-state index in [-0.39, 0.29) is 11.8 Å². The Morgan fingerprint density at radius 1 is 1.44 bits per heavy atom. The molecule has 16 heavy (non-hydrogen) atoms. The summed E-state index contributed by atoms with van der Waals surface area (Å²) in [4.78, 5) is 13.5. The zero-order valence-electron chi connectivity index (χ0n) is 8.42. The SMILES string of the molecule is O=C1CC(CCl)CN1c1cc(Cl)cc(Br)c1. The molecule has 0 radical (unpaired) electrons. The Balaban J connectivity index is 2.27. The fourth-order valence-corrected chi connectivity index (χ4v) is 2.88. The van der Waals surface area contributed by atoms with Crippen LogP contribution < -0.4 is 4.90 Å². The molecule has 1 amide bonds. The number of carbonyl (C=O) groups is 1. The third kappa shape index (κ3) is 2.53. The highest BCUT2D eigenvalue weighted by Crippen LogP contribution is 2.30. The van der Waals surface area contributed by atoms with Crippen molar-refractivity contribution in [1.29, 1.82) is 0 Å². The van der Waals surface area contributed by atoms with E-state index in [4.69, 9.17) is 23.2 Å². The van der Waals surface area contributed by atoms with Crippen molar-refractivity contribution in [3.63, 3.8) is 0 Å². The van der Waals surface area contributed by atoms with Gasteiger partial charge in [-0.15, -0.1) is 11.6 Å². The number of rotatable bonds is 2. The predicted octanol–water partition coefficient (Wildman–Crippen LogP) is 3.69. The second-order valence-electron chi connectivity index (χ2n) is 3.86. The summed E-state index contributed by atoms with van der Waals surface area (Å²) in [5.74, 6) is 0.871. The molecule has 0 aliphatic carbocycles. The van der Waals surface area contributed by atoms with E-state index in [9.17, 15) is 4.79 Å². The highest BCUT2D eigenvalue weighted by Gasteiger charge is 2.30. The summed E-state index contributed by atoms with van der Waals surface area (Å²) in [6, 6.07) is 5.48. The van der Waals surface area contributed by atoms with Crippen molar-refractivity contribution in [2.24, 2.45) is 5.92 Å². The lowest BCUT2D eigenvalue weighted by atomic mass is 10.1. The first-order valence-corrected chi connectivity index (χ1v) is 6.63. The minimum atomic E-state index is 0.111. The molecular formula is C11H10BrCl2NO. The molecule has 1 heterocycles. The van der Waals surface area contributed by atoms with Crippen LogP contribution in [0.3, 0.4) is 0 Å². The van der Waals surface area contributed by atoms with Gasteiger partial charge in [0.15, 0.2) is 0 Å². The van der Waals surface area contributed by atoms with Crippen molar-refractivity contribution >= 4 is 50.7 Å². The number of alkyl halides is 1. The molecule has 1 aliphatic rings. The topological polar surface area (TPSA) is 20.3 Å². The largest absolute Gasteiger partial charge is 0.312 e. The van der Waals surface area contributed by atoms with Crippen LogP contribution in [-0.2, 0) is 4.79 Å². The number of anilines is 1. The minimum Gasteiger partial charge on any atom is -0.312 e. The Bertz CT molecular complexity index is 404. The third-order valence-corrected chi connectivity index (χ3v) is 3.69. The van der Waals surface area contributed by atoms with Crippen LogP contribution in [0, 0.1) is 5.92 Å². The molecule has 0 spiro atoms. The van der Waals surface area contributed by atoms with Crippen molar-refractivity contribution in [3.8, 4) is 0 Å². The molecule has 0 aromatic heterocycles. The average molecular weight is 323 g/mol. The van der Waals surface area contributed by atoms with Crippen LogP contribution in [0.1, 0.15) is 6.42 Å². The van der Waals surface area contributed by atoms with E-state index < -0.39 is 0 Å². The van der Waals surface area contributed by atoms with Gasteiger partial charge < -0.3 is 4.90 Å². The Kier molecular flexibility index (Phi) is 3.77. The summed E-state index contributed by atoms with van der Waals surface area (Å²) in [6.45, 7) is 0.676. The maximum Gasteiger partial charge on any atom is 0.227 e. The van der Waals surface area contributed by atoms with Gasteiger partial charge in [0.2, 0.25) is 5.91 Å². The Labute approximate surface area is 113 Å². The van der Waals surface area contributed by atoms with Gasteiger partial charge in [0, 0.05) is 34.0 Å². The van der Waals surface area contributed by atoms with Gasteiger partial charge in [-0.3, -0.25) is 4.79 Å². The lowest BCUT2D eigenvalue weighted by Crippen LogP contribution is -2.24. The Morgan fingerprint density at radius 2 is 2.19 bits per heavy atom. The maximum absolute atomic E-state index is 11.8. The molecule has 1 aliphatic heterocycles. The molecule has 1 aromatic rings. The van der Waals surface area contributed by atoms with Crippen molar-refractivity contribution in [3.05, 3.63) is 27.7 Å². The second-order valence-corrected chi connectivity index (χ2v) is 5.52. The van der Waals surface area contributed by atoms with E-state index in [0.29, 0.717) is 23.9 Å². The highest BCUT2D eigenvalue weighted by atomic mass is 79.9. The molecule has 0 N–H and O–H groups in total. The molecule has 86 valence electrons. The first-order valence-electron chi connectivity index (χ1n) is 4.92. The summed E-state index contributed by atoms with van der Waals surface area (Å²) < 4.78 is 0.872. The number of hydrogen-bond acceptors (Lipinski definition) is 1. The Morgan fingerprint density at radius 3 is 2.75 bits per heavy atom. The molecule has 5 heteroatoms. The van der Waals surface area contributed by atoms with Crippen molar-refractivity contribution in [2.45, 2.75) is 6.42 Å². The second kappa shape index (κ2) is 4.94. The monoisotopic (exact) mass is 321 g/mol. The molecule has 1 aromatic carbocycles. The summed E-state index contributed by atoms with van der Waals surface area (Å²) in [5, 5.41) is 0.617. The van der Waals surface area contributed by atoms with E-state index in [0.717, 1.165) is 10.2 Å². The van der Waals surface area contributed by atoms with Gasteiger partial charge in [-0.25, -0.2) is 0 Å². The van der Waals surface area contributed by atoms with Crippen LogP contribution in [0.25, 0.3) is 0 Å². The fourth-order valence-electron chi connectivity index (χ4n) is 1.83. The van der Waals surface area contributed by atoms with E-state index in [2.05, 4.69) is 15.9 Å². The first-order chi connectivity index (χ1) is 7.60. The van der Waals surface area contributed by atoms with Crippen LogP contribution >= 0.6 is 39.1 Å². The van der Waals surface area contributed by atoms with Crippen molar-refractivity contribution in [1.82, 2.24) is 0 Å². The summed E-state index contributed by atoms with van der Waals surface area (Å²) in [7, 11) is 0. The molecule has 1 unspecified atom stereocenters. The smallest absolute Gasteiger partial charge is 0.227 e. The van der Waals surface area contributed by atoms with Gasteiger partial charge in [-0.1, -0.05) is 27.5 Å². The van der Waals surface area contributed by atoms with Crippen molar-refractivity contribution < 1.29 is 4.79 Å². The number of benzene rings is 1. The number of hydrogen-bond donors (Lipinski definition) is 0. The van der Waals surface area contributed by atoms with E-state index >= 15 is 0 Å². The molecule has 1 atom stereocenters. The minimum absolute atomic E-state index is 0.111. The van der Waals surface area contributed by atoms with Gasteiger partial charge in [-0.05, 0) is 24.1 Å². The molecule has 0 saturated carbocycles. The summed E-state index contributed by atoms with van der Waals surface area (Å²) in [5.41, 5.74) is 0.831. The summed E-state index contributed by atoms with van der Waals surface area (Å²) in [6.07, 6.45) is 0.521.